The average Bonchev–Trinajstić information content (AvgIpc) is 2.61. The SMILES string of the molecule is CC1(C)NC(=O)N(CCOc2cncc(C(=O)O)c2)C1=O. The summed E-state index contributed by atoms with van der Waals surface area (Å²) in [6, 6.07) is 0.858. The molecule has 2 rings (SSSR count). The van der Waals surface area contributed by atoms with Gasteiger partial charge in [0.15, 0.2) is 0 Å². The fourth-order valence-electron chi connectivity index (χ4n) is 1.89. The summed E-state index contributed by atoms with van der Waals surface area (Å²) in [5.41, 5.74) is -0.911. The van der Waals surface area contributed by atoms with Crippen LogP contribution in [0.25, 0.3) is 0 Å². The molecule has 1 aliphatic rings. The van der Waals surface area contributed by atoms with E-state index in [-0.39, 0.29) is 30.4 Å². The number of hydrogen-bond donors (Lipinski definition) is 2. The van der Waals surface area contributed by atoms with E-state index in [1.165, 1.54) is 18.5 Å². The van der Waals surface area contributed by atoms with Gasteiger partial charge in [-0.1, -0.05) is 0 Å². The molecule has 112 valence electrons. The molecule has 21 heavy (non-hydrogen) atoms. The second-order valence-electron chi connectivity index (χ2n) is 5.07. The Morgan fingerprint density at radius 3 is 2.71 bits per heavy atom. The Labute approximate surface area is 120 Å². The molecule has 0 aliphatic carbocycles. The van der Waals surface area contributed by atoms with Crippen LogP contribution < -0.4 is 10.1 Å². The van der Waals surface area contributed by atoms with E-state index in [9.17, 15) is 14.4 Å². The quantitative estimate of drug-likeness (QED) is 0.765. The lowest BCUT2D eigenvalue weighted by Gasteiger charge is -2.16. The number of imide groups is 1. The highest BCUT2D eigenvalue weighted by molar-refractivity contribution is 6.06. The van der Waals surface area contributed by atoms with E-state index in [1.807, 2.05) is 0 Å². The van der Waals surface area contributed by atoms with E-state index in [0.29, 0.717) is 0 Å². The van der Waals surface area contributed by atoms with Crippen molar-refractivity contribution in [1.29, 1.82) is 0 Å². The molecule has 0 unspecified atom stereocenters. The van der Waals surface area contributed by atoms with Gasteiger partial charge in [-0.05, 0) is 19.9 Å². The summed E-state index contributed by atoms with van der Waals surface area (Å²) in [4.78, 5) is 39.2. The molecule has 2 heterocycles. The second kappa shape index (κ2) is 5.39. The molecule has 2 N–H and O–H groups in total. The largest absolute Gasteiger partial charge is 0.490 e. The Balaban J connectivity index is 1.93. The van der Waals surface area contributed by atoms with Crippen LogP contribution >= 0.6 is 0 Å². The summed E-state index contributed by atoms with van der Waals surface area (Å²) in [5.74, 6) is -1.17. The van der Waals surface area contributed by atoms with Gasteiger partial charge in [-0.15, -0.1) is 0 Å². The molecular formula is C13H15N3O5. The highest BCUT2D eigenvalue weighted by Gasteiger charge is 2.43. The van der Waals surface area contributed by atoms with E-state index in [0.717, 1.165) is 4.90 Å². The molecule has 1 fully saturated rings. The van der Waals surface area contributed by atoms with Gasteiger partial charge in [-0.3, -0.25) is 14.7 Å². The van der Waals surface area contributed by atoms with E-state index in [4.69, 9.17) is 9.84 Å². The average molecular weight is 293 g/mol. The number of hydrogen-bond acceptors (Lipinski definition) is 5. The molecule has 8 nitrogen and oxygen atoms in total. The Hall–Kier alpha value is -2.64. The molecule has 0 atom stereocenters. The number of carboxylic acid groups (broad SMARTS) is 1. The highest BCUT2D eigenvalue weighted by atomic mass is 16.5. The van der Waals surface area contributed by atoms with Crippen molar-refractivity contribution in [2.24, 2.45) is 0 Å². The smallest absolute Gasteiger partial charge is 0.337 e. The summed E-state index contributed by atoms with van der Waals surface area (Å²) >= 11 is 0. The van der Waals surface area contributed by atoms with Crippen molar-refractivity contribution in [2.45, 2.75) is 19.4 Å². The maximum Gasteiger partial charge on any atom is 0.337 e. The first-order valence-electron chi connectivity index (χ1n) is 6.26. The van der Waals surface area contributed by atoms with E-state index in [1.54, 1.807) is 13.8 Å². The van der Waals surface area contributed by atoms with Crippen molar-refractivity contribution in [3.8, 4) is 5.75 Å². The molecule has 0 bridgehead atoms. The molecule has 1 aromatic heterocycles. The number of pyridine rings is 1. The van der Waals surface area contributed by atoms with Gasteiger partial charge in [0.1, 0.15) is 17.9 Å². The van der Waals surface area contributed by atoms with Crippen LogP contribution in [0.3, 0.4) is 0 Å². The van der Waals surface area contributed by atoms with Crippen molar-refractivity contribution >= 4 is 17.9 Å². The van der Waals surface area contributed by atoms with Crippen LogP contribution in [0.15, 0.2) is 18.5 Å². The predicted octanol–water partition coefficient (Wildman–Crippen LogP) is 0.489. The van der Waals surface area contributed by atoms with Gasteiger partial charge in [0.05, 0.1) is 18.3 Å². The van der Waals surface area contributed by atoms with Crippen molar-refractivity contribution < 1.29 is 24.2 Å². The number of carbonyl (C=O) groups is 3. The first-order valence-corrected chi connectivity index (χ1v) is 6.26. The number of nitrogens with zero attached hydrogens (tertiary/aromatic N) is 2. The van der Waals surface area contributed by atoms with Crippen LogP contribution in [0.4, 0.5) is 4.79 Å². The fraction of sp³-hybridized carbons (Fsp3) is 0.385. The zero-order valence-corrected chi connectivity index (χ0v) is 11.6. The topological polar surface area (TPSA) is 109 Å². The molecule has 1 aromatic rings. The van der Waals surface area contributed by atoms with E-state index >= 15 is 0 Å². The van der Waals surface area contributed by atoms with Gasteiger partial charge in [-0.25, -0.2) is 9.59 Å². The van der Waals surface area contributed by atoms with E-state index < -0.39 is 17.5 Å². The molecule has 8 heteroatoms. The first kappa shape index (κ1) is 14.8. The number of carboxylic acids is 1. The third-order valence-corrected chi connectivity index (χ3v) is 2.99. The monoisotopic (exact) mass is 293 g/mol. The minimum atomic E-state index is -1.11. The van der Waals surface area contributed by atoms with Crippen LogP contribution in [0.5, 0.6) is 5.75 Å². The predicted molar refractivity (Wildman–Crippen MR) is 71.0 cm³/mol. The Morgan fingerprint density at radius 1 is 1.43 bits per heavy atom. The number of carbonyl (C=O) groups excluding carboxylic acids is 2. The summed E-state index contributed by atoms with van der Waals surface area (Å²) in [7, 11) is 0. The van der Waals surface area contributed by atoms with Crippen LogP contribution in [0.2, 0.25) is 0 Å². The molecule has 1 aliphatic heterocycles. The number of rotatable bonds is 5. The maximum atomic E-state index is 11.9. The summed E-state index contributed by atoms with van der Waals surface area (Å²) in [6.07, 6.45) is 2.57. The molecule has 0 radical (unpaired) electrons. The Kier molecular flexibility index (Phi) is 3.79. The molecule has 0 aromatic carbocycles. The lowest BCUT2D eigenvalue weighted by molar-refractivity contribution is -0.130. The molecular weight excluding hydrogens is 278 g/mol. The van der Waals surface area contributed by atoms with Crippen molar-refractivity contribution in [1.82, 2.24) is 15.2 Å². The molecule has 0 spiro atoms. The van der Waals surface area contributed by atoms with Gasteiger partial charge >= 0.3 is 12.0 Å². The fourth-order valence-corrected chi connectivity index (χ4v) is 1.89. The third-order valence-electron chi connectivity index (χ3n) is 2.99. The first-order chi connectivity index (χ1) is 9.81. The van der Waals surface area contributed by atoms with Gasteiger partial charge in [0.2, 0.25) is 0 Å². The standard InChI is InChI=1S/C13H15N3O5/c1-13(2)11(19)16(12(20)15-13)3-4-21-9-5-8(10(17)18)6-14-7-9/h5-7H,3-4H2,1-2H3,(H,15,20)(H,17,18). The second-order valence-corrected chi connectivity index (χ2v) is 5.07. The van der Waals surface area contributed by atoms with Crippen molar-refractivity contribution in [3.05, 3.63) is 24.0 Å². The lowest BCUT2D eigenvalue weighted by atomic mass is 10.1. The zero-order chi connectivity index (χ0) is 15.6. The maximum absolute atomic E-state index is 11.9. The van der Waals surface area contributed by atoms with Gasteiger partial charge in [0.25, 0.3) is 5.91 Å². The van der Waals surface area contributed by atoms with Crippen LogP contribution in [0.1, 0.15) is 24.2 Å². The number of nitrogens with one attached hydrogen (secondary N) is 1. The number of urea groups is 1. The van der Waals surface area contributed by atoms with E-state index in [2.05, 4.69) is 10.3 Å². The van der Waals surface area contributed by atoms with Crippen LogP contribution in [0, 0.1) is 0 Å². The summed E-state index contributed by atoms with van der Waals surface area (Å²) < 4.78 is 5.32. The minimum Gasteiger partial charge on any atom is -0.490 e. The van der Waals surface area contributed by atoms with Crippen molar-refractivity contribution in [3.63, 3.8) is 0 Å². The number of amides is 3. The zero-order valence-electron chi connectivity index (χ0n) is 11.6. The highest BCUT2D eigenvalue weighted by Crippen LogP contribution is 2.16. The van der Waals surface area contributed by atoms with Gasteiger partial charge in [0, 0.05) is 6.20 Å². The summed E-state index contributed by atoms with van der Waals surface area (Å²) in [5, 5.41) is 11.4. The molecule has 3 amide bonds. The normalized spacial score (nSPS) is 16.8. The van der Waals surface area contributed by atoms with Crippen molar-refractivity contribution in [2.75, 3.05) is 13.2 Å². The van der Waals surface area contributed by atoms with Gasteiger partial charge < -0.3 is 15.2 Å². The number of aromatic carboxylic acids is 1. The Morgan fingerprint density at radius 2 is 2.14 bits per heavy atom. The molecule has 1 saturated heterocycles. The Bertz CT molecular complexity index is 599. The molecule has 0 saturated carbocycles. The number of ether oxygens (including phenoxy) is 1. The third kappa shape index (κ3) is 3.10. The van der Waals surface area contributed by atoms with Crippen LogP contribution in [-0.4, -0.2) is 51.6 Å². The summed E-state index contributed by atoms with van der Waals surface area (Å²) in [6.45, 7) is 3.37. The number of aromatic nitrogens is 1. The van der Waals surface area contributed by atoms with Gasteiger partial charge in [-0.2, -0.15) is 0 Å². The van der Waals surface area contributed by atoms with Crippen LogP contribution in [-0.2, 0) is 4.79 Å². The minimum absolute atomic E-state index is 0.00336. The lowest BCUT2D eigenvalue weighted by Crippen LogP contribution is -2.40.